The van der Waals surface area contributed by atoms with Crippen molar-refractivity contribution in [2.75, 3.05) is 18.4 Å². The van der Waals surface area contributed by atoms with Crippen molar-refractivity contribution in [2.45, 2.75) is 31.7 Å². The summed E-state index contributed by atoms with van der Waals surface area (Å²) in [5.74, 6) is -4.84. The summed E-state index contributed by atoms with van der Waals surface area (Å²) >= 11 is 5.74. The van der Waals surface area contributed by atoms with E-state index in [-0.39, 0.29) is 19.1 Å². The average molecular weight is 482 g/mol. The number of pyridine rings is 1. The van der Waals surface area contributed by atoms with Crippen molar-refractivity contribution < 1.29 is 22.4 Å². The van der Waals surface area contributed by atoms with Crippen LogP contribution in [0, 0.1) is 6.92 Å². The van der Waals surface area contributed by atoms with Gasteiger partial charge in [-0.1, -0.05) is 23.7 Å². The maximum atomic E-state index is 14.7. The molecule has 174 valence electrons. The van der Waals surface area contributed by atoms with Gasteiger partial charge in [0.15, 0.2) is 5.82 Å². The number of H-pyrrole nitrogens is 1. The van der Waals surface area contributed by atoms with Gasteiger partial charge in [0.1, 0.15) is 5.82 Å². The van der Waals surface area contributed by atoms with E-state index in [1.54, 1.807) is 19.1 Å². The Balaban J connectivity index is 1.41. The number of aromatic amines is 1. The first-order chi connectivity index (χ1) is 15.6. The topological polar surface area (TPSA) is 73.9 Å². The highest BCUT2D eigenvalue weighted by Crippen LogP contribution is 2.33. The van der Waals surface area contributed by atoms with Crippen LogP contribution >= 0.6 is 11.6 Å². The molecule has 3 heterocycles. The second-order valence-corrected chi connectivity index (χ2v) is 8.21. The van der Waals surface area contributed by atoms with Crippen LogP contribution in [-0.2, 0) is 10.7 Å². The van der Waals surface area contributed by atoms with Crippen molar-refractivity contribution in [3.8, 4) is 11.3 Å². The number of aryl methyl sites for hydroxylation is 1. The summed E-state index contributed by atoms with van der Waals surface area (Å²) in [5, 5.41) is 3.46. The second-order valence-electron chi connectivity index (χ2n) is 7.77. The highest BCUT2D eigenvalue weighted by atomic mass is 35.5. The van der Waals surface area contributed by atoms with E-state index in [0.717, 1.165) is 17.0 Å². The van der Waals surface area contributed by atoms with Crippen molar-refractivity contribution in [2.24, 2.45) is 0 Å². The van der Waals surface area contributed by atoms with E-state index in [1.807, 2.05) is 0 Å². The molecule has 2 N–H and O–H groups in total. The Morgan fingerprint density at radius 3 is 2.61 bits per heavy atom. The number of alkyl halides is 4. The molecule has 1 saturated heterocycles. The van der Waals surface area contributed by atoms with Crippen LogP contribution in [0.2, 0.25) is 5.02 Å². The number of likely N-dealkylation sites (tertiary alicyclic amines) is 1. The smallest absolute Gasteiger partial charge is 0.349 e. The first-order valence-electron chi connectivity index (χ1n) is 10.2. The number of imidazole rings is 1. The number of nitrogens with zero attached hydrogens (tertiary/aromatic N) is 3. The lowest BCUT2D eigenvalue weighted by Crippen LogP contribution is -2.41. The summed E-state index contributed by atoms with van der Waals surface area (Å²) in [6.45, 7) is 2.00. The highest BCUT2D eigenvalue weighted by Gasteiger charge is 2.45. The number of benzene rings is 1. The molecule has 1 fully saturated rings. The molecule has 33 heavy (non-hydrogen) atoms. The van der Waals surface area contributed by atoms with Crippen molar-refractivity contribution in [1.29, 1.82) is 0 Å². The number of nitrogens with one attached hydrogen (secondary N) is 2. The standard InChI is InChI=1S/C22H20ClF4N5O/c1-12-16(17-10-28-20(31-17)19(24)25)6-7-18(29-12)30-15-8-9-32(11-15)21(33)22(26,27)13-2-4-14(23)5-3-13/h2-7,10,15,19H,8-9,11H2,1H3,(H,28,31)(H,29,30). The number of anilines is 1. The molecule has 1 unspecified atom stereocenters. The zero-order valence-electron chi connectivity index (χ0n) is 17.5. The van der Waals surface area contributed by atoms with Crippen LogP contribution in [0.15, 0.2) is 42.6 Å². The van der Waals surface area contributed by atoms with Crippen LogP contribution in [-0.4, -0.2) is 44.9 Å². The third kappa shape index (κ3) is 4.80. The first-order valence-corrected chi connectivity index (χ1v) is 10.5. The van der Waals surface area contributed by atoms with Crippen LogP contribution in [0.25, 0.3) is 11.3 Å². The predicted molar refractivity (Wildman–Crippen MR) is 115 cm³/mol. The van der Waals surface area contributed by atoms with Gasteiger partial charge in [0.25, 0.3) is 12.3 Å². The number of carbonyl (C=O) groups excluding carboxylic acids is 1. The molecule has 1 aromatic carbocycles. The van der Waals surface area contributed by atoms with Gasteiger partial charge in [-0.3, -0.25) is 4.79 Å². The molecular formula is C22H20ClF4N5O. The van der Waals surface area contributed by atoms with Gasteiger partial charge in [-0.25, -0.2) is 18.7 Å². The van der Waals surface area contributed by atoms with Crippen molar-refractivity contribution in [3.63, 3.8) is 0 Å². The van der Waals surface area contributed by atoms with E-state index < -0.39 is 29.6 Å². The fourth-order valence-corrected chi connectivity index (χ4v) is 3.89. The molecule has 0 bridgehead atoms. The summed E-state index contributed by atoms with van der Waals surface area (Å²) in [4.78, 5) is 24.3. The molecule has 0 saturated carbocycles. The van der Waals surface area contributed by atoms with Gasteiger partial charge in [0.05, 0.1) is 11.9 Å². The summed E-state index contributed by atoms with van der Waals surface area (Å²) < 4.78 is 54.9. The fraction of sp³-hybridized carbons (Fsp3) is 0.318. The minimum Gasteiger partial charge on any atom is -0.365 e. The molecule has 1 aliphatic heterocycles. The zero-order chi connectivity index (χ0) is 23.8. The first kappa shape index (κ1) is 23.0. The van der Waals surface area contributed by atoms with Crippen LogP contribution in [0.4, 0.5) is 23.4 Å². The Hall–Kier alpha value is -3.14. The lowest BCUT2D eigenvalue weighted by molar-refractivity contribution is -0.157. The van der Waals surface area contributed by atoms with E-state index in [4.69, 9.17) is 11.6 Å². The van der Waals surface area contributed by atoms with E-state index in [2.05, 4.69) is 20.3 Å². The molecule has 6 nitrogen and oxygen atoms in total. The van der Waals surface area contributed by atoms with Crippen LogP contribution in [0.5, 0.6) is 0 Å². The van der Waals surface area contributed by atoms with Crippen LogP contribution in [0.1, 0.15) is 29.9 Å². The fourth-order valence-electron chi connectivity index (χ4n) is 3.76. The minimum absolute atomic E-state index is 0.1000. The minimum atomic E-state index is -3.66. The number of halogens is 5. The van der Waals surface area contributed by atoms with Crippen molar-refractivity contribution in [3.05, 3.63) is 64.7 Å². The lowest BCUT2D eigenvalue weighted by Gasteiger charge is -2.23. The second kappa shape index (κ2) is 9.01. The van der Waals surface area contributed by atoms with Crippen LogP contribution < -0.4 is 5.32 Å². The third-order valence-corrected chi connectivity index (χ3v) is 5.73. The third-order valence-electron chi connectivity index (χ3n) is 5.48. The molecule has 3 aromatic rings. The molecule has 2 aromatic heterocycles. The van der Waals surface area contributed by atoms with E-state index in [0.29, 0.717) is 34.2 Å². The highest BCUT2D eigenvalue weighted by molar-refractivity contribution is 6.30. The molecule has 1 amide bonds. The van der Waals surface area contributed by atoms with Gasteiger partial charge in [-0.2, -0.15) is 8.78 Å². The number of amides is 1. The van der Waals surface area contributed by atoms with Gasteiger partial charge in [-0.15, -0.1) is 0 Å². The molecule has 1 aliphatic rings. The van der Waals surface area contributed by atoms with E-state index in [9.17, 15) is 22.4 Å². The quantitative estimate of drug-likeness (QED) is 0.476. The monoisotopic (exact) mass is 481 g/mol. The van der Waals surface area contributed by atoms with Gasteiger partial charge in [0, 0.05) is 41.0 Å². The molecule has 0 aliphatic carbocycles. The number of carbonyl (C=O) groups is 1. The summed E-state index contributed by atoms with van der Waals surface area (Å²) in [6, 6.07) is 8.04. The SMILES string of the molecule is Cc1nc(NC2CCN(C(=O)C(F)(F)c3ccc(Cl)cc3)C2)ccc1-c1cnc(C(F)F)[nH]1. The summed E-state index contributed by atoms with van der Waals surface area (Å²) in [7, 11) is 0. The lowest BCUT2D eigenvalue weighted by atomic mass is 10.1. The largest absolute Gasteiger partial charge is 0.365 e. The number of hydrogen-bond donors (Lipinski definition) is 2. The number of aromatic nitrogens is 3. The number of hydrogen-bond acceptors (Lipinski definition) is 4. The van der Waals surface area contributed by atoms with E-state index >= 15 is 0 Å². The summed E-state index contributed by atoms with van der Waals surface area (Å²) in [5.41, 5.74) is 1.20. The van der Waals surface area contributed by atoms with Gasteiger partial charge < -0.3 is 15.2 Å². The molecule has 11 heteroatoms. The van der Waals surface area contributed by atoms with Gasteiger partial charge >= 0.3 is 5.92 Å². The molecule has 0 spiro atoms. The molecule has 0 radical (unpaired) electrons. The maximum Gasteiger partial charge on any atom is 0.349 e. The predicted octanol–water partition coefficient (Wildman–Crippen LogP) is 5.18. The Bertz CT molecular complexity index is 1150. The van der Waals surface area contributed by atoms with Crippen LogP contribution in [0.3, 0.4) is 0 Å². The Morgan fingerprint density at radius 2 is 1.97 bits per heavy atom. The zero-order valence-corrected chi connectivity index (χ0v) is 18.2. The van der Waals surface area contributed by atoms with Crippen molar-refractivity contribution in [1.82, 2.24) is 19.9 Å². The van der Waals surface area contributed by atoms with Gasteiger partial charge in [0.2, 0.25) is 0 Å². The molecular weight excluding hydrogens is 462 g/mol. The Kier molecular flexibility index (Phi) is 6.29. The summed E-state index contributed by atoms with van der Waals surface area (Å²) in [6.07, 6.45) is -0.906. The molecule has 4 rings (SSSR count). The Morgan fingerprint density at radius 1 is 1.24 bits per heavy atom. The number of rotatable bonds is 6. The normalized spacial score (nSPS) is 16.5. The van der Waals surface area contributed by atoms with Crippen molar-refractivity contribution >= 4 is 23.3 Å². The average Bonchev–Trinajstić information content (AvgIpc) is 3.44. The van der Waals surface area contributed by atoms with Gasteiger partial charge in [-0.05, 0) is 37.6 Å². The maximum absolute atomic E-state index is 14.7. The molecule has 1 atom stereocenters. The van der Waals surface area contributed by atoms with E-state index in [1.165, 1.54) is 18.3 Å². The Labute approximate surface area is 192 Å².